The summed E-state index contributed by atoms with van der Waals surface area (Å²) in [6.45, 7) is 23.6. The summed E-state index contributed by atoms with van der Waals surface area (Å²) in [5.74, 6) is 2.84. The molecule has 9 heteroatoms. The third-order valence-corrected chi connectivity index (χ3v) is 4.54. The molecule has 0 aromatic heterocycles. The Balaban J connectivity index is -0.0000000417. The number of aliphatic hydroxyl groups is 1. The molecule has 2 unspecified atom stereocenters. The van der Waals surface area contributed by atoms with Crippen LogP contribution in [0.2, 0.25) is 0 Å². The second kappa shape index (κ2) is 49.1. The van der Waals surface area contributed by atoms with Crippen LogP contribution in [0.4, 0.5) is 0 Å². The second-order valence-corrected chi connectivity index (χ2v) is 25.9. The summed E-state index contributed by atoms with van der Waals surface area (Å²) in [6.07, 6.45) is 7.56. The molecule has 38 heavy (non-hydrogen) atoms. The van der Waals surface area contributed by atoms with Gasteiger partial charge in [-0.25, -0.2) is 0 Å². The zero-order chi connectivity index (χ0) is 30.3. The summed E-state index contributed by atoms with van der Waals surface area (Å²) in [6, 6.07) is 0. The van der Waals surface area contributed by atoms with Crippen molar-refractivity contribution in [2.75, 3.05) is 4.93 Å². The summed E-state index contributed by atoms with van der Waals surface area (Å²) in [4.78, 5) is 32.1. The summed E-state index contributed by atoms with van der Waals surface area (Å²) in [5, 5.41) is 9.13. The van der Waals surface area contributed by atoms with E-state index in [1.165, 1.54) is 6.42 Å². The Morgan fingerprint density at radius 1 is 0.842 bits per heavy atom. The van der Waals surface area contributed by atoms with Gasteiger partial charge in [0.2, 0.25) is 0 Å². The monoisotopic (exact) mass is 1110 g/mol. The molecule has 0 aromatic carbocycles. The van der Waals surface area contributed by atoms with E-state index in [-0.39, 0.29) is 50.5 Å². The Hall–Kier alpha value is 2.36. The average Bonchev–Trinajstić information content (AvgIpc) is 2.78. The van der Waals surface area contributed by atoms with Crippen molar-refractivity contribution in [2.24, 2.45) is 23.7 Å². The van der Waals surface area contributed by atoms with Crippen LogP contribution in [-0.4, -0.2) is 34.0 Å². The van der Waals surface area contributed by atoms with Crippen LogP contribution in [0, 0.1) is 23.7 Å². The Labute approximate surface area is 300 Å². The van der Waals surface area contributed by atoms with Gasteiger partial charge in [0.05, 0.1) is 6.10 Å². The van der Waals surface area contributed by atoms with Gasteiger partial charge in [0.25, 0.3) is 0 Å². The van der Waals surface area contributed by atoms with Crippen LogP contribution in [0.15, 0.2) is 11.6 Å². The van der Waals surface area contributed by atoms with Gasteiger partial charge in [-0.1, -0.05) is 97.9 Å². The van der Waals surface area contributed by atoms with E-state index < -0.39 is 0 Å². The molecule has 0 aliphatic rings. The molecule has 238 valence electrons. The molecule has 0 saturated carbocycles. The Morgan fingerprint density at radius 2 is 1.18 bits per heavy atom. The molecule has 0 saturated heterocycles. The molecule has 0 aliphatic carbocycles. The van der Waals surface area contributed by atoms with Crippen molar-refractivity contribution < 1.29 is 34.2 Å². The Morgan fingerprint density at radius 3 is 1.34 bits per heavy atom. The number of hydrogen-bond acceptors (Lipinski definition) is 4. The van der Waals surface area contributed by atoms with Gasteiger partial charge in [-0.3, -0.25) is 4.79 Å². The van der Waals surface area contributed by atoms with Gasteiger partial charge in [0.15, 0.2) is 5.78 Å². The maximum absolute atomic E-state index is 10.7. The van der Waals surface area contributed by atoms with Gasteiger partial charge in [0.1, 0.15) is 12.1 Å². The fourth-order valence-corrected chi connectivity index (χ4v) is 1.59. The molecular weight excluding hydrogens is 1050 g/mol. The van der Waals surface area contributed by atoms with Crippen LogP contribution >= 0.6 is 83.8 Å². The first-order valence-electron chi connectivity index (χ1n) is 12.6. The number of Topliss-reactive ketones (excluding diaryl/α,β-unsaturated/α-hetero) is 2. The van der Waals surface area contributed by atoms with Crippen molar-refractivity contribution in [3.05, 3.63) is 11.6 Å². The van der Waals surface area contributed by atoms with Crippen molar-refractivity contribution in [3.63, 3.8) is 0 Å². The number of halogens is 5. The molecule has 0 spiro atoms. The third-order valence-electron chi connectivity index (χ3n) is 4.54. The van der Waals surface area contributed by atoms with E-state index in [0.29, 0.717) is 43.9 Å². The number of aliphatic hydroxyl groups excluding tert-OH is 1. The fraction of sp³-hybridized carbons (Fsp3) is 0.828. The molecule has 1 N–H and O–H groups in total. The number of rotatable bonds is 10. The van der Waals surface area contributed by atoms with Gasteiger partial charge >= 0.3 is 51.9 Å². The van der Waals surface area contributed by atoms with E-state index in [2.05, 4.69) is 94.4 Å². The summed E-state index contributed by atoms with van der Waals surface area (Å²) >= 11 is 7.45. The van der Waals surface area contributed by atoms with Crippen LogP contribution < -0.4 is 13.3 Å². The zero-order valence-electron chi connectivity index (χ0n) is 26.7. The van der Waals surface area contributed by atoms with E-state index in [4.69, 9.17) is 5.11 Å². The first kappa shape index (κ1) is 59.7. The average molecular weight is 1110 g/mol. The van der Waals surface area contributed by atoms with Crippen molar-refractivity contribution in [3.8, 4) is 0 Å². The number of ketones is 2. The zero-order valence-corrected chi connectivity index (χ0v) is 36.6. The minimum Gasteiger partial charge on any atom is 1.00 e. The van der Waals surface area contributed by atoms with E-state index in [9.17, 15) is 14.4 Å². The first-order chi connectivity index (χ1) is 16.5. The van der Waals surface area contributed by atoms with Crippen molar-refractivity contribution >= 4 is 102 Å². The van der Waals surface area contributed by atoms with Crippen LogP contribution in [-0.2, 0) is 14.4 Å². The van der Waals surface area contributed by atoms with E-state index in [1.54, 1.807) is 13.8 Å². The second-order valence-electron chi connectivity index (χ2n) is 9.67. The Bertz CT molecular complexity index is 502. The van der Waals surface area contributed by atoms with Crippen LogP contribution in [0.5, 0.6) is 0 Å². The molecule has 0 aliphatic heterocycles. The van der Waals surface area contributed by atoms with Gasteiger partial charge in [-0.15, -0.1) is 24.0 Å². The van der Waals surface area contributed by atoms with Crippen molar-refractivity contribution in [2.45, 2.75) is 129 Å². The molecule has 0 fully saturated rings. The Kier molecular flexibility index (Phi) is 77.1. The SMILES string of the molecule is C.CC(=O)/C(C)=C/CC(C)C.CC(C)CC=O.CC(C)CCC(C)C(C)O.CCC(C)=O.CI.I.I[I-]I.[H+]. The number of allylic oxidation sites excluding steroid dienone is 2. The topological polar surface area (TPSA) is 71.4 Å². The van der Waals surface area contributed by atoms with E-state index in [1.807, 2.05) is 45.6 Å². The van der Waals surface area contributed by atoms with Crippen molar-refractivity contribution in [1.29, 1.82) is 0 Å². The number of carbonyl (C=O) groups is 3. The van der Waals surface area contributed by atoms with Gasteiger partial charge < -0.3 is 14.7 Å². The minimum atomic E-state index is -0.140. The van der Waals surface area contributed by atoms with Gasteiger partial charge in [-0.2, -0.15) is 0 Å². The summed E-state index contributed by atoms with van der Waals surface area (Å²) in [7, 11) is 0. The number of hydrogen-bond donors (Lipinski definition) is 1. The predicted molar refractivity (Wildman–Crippen MR) is 207 cm³/mol. The third kappa shape index (κ3) is 83.3. The summed E-state index contributed by atoms with van der Waals surface area (Å²) in [5.41, 5.74) is 0.883. The maximum Gasteiger partial charge on any atom is 1.00 e. The smallest absolute Gasteiger partial charge is 1.00 e. The van der Waals surface area contributed by atoms with E-state index >= 15 is 0 Å². The molecule has 0 heterocycles. The molecule has 0 amide bonds. The van der Waals surface area contributed by atoms with Gasteiger partial charge in [-0.05, 0) is 74.7 Å². The molecular formula is C29H63I5O4. The quantitative estimate of drug-likeness (QED) is 0.103. The minimum absolute atomic E-state index is 0. The first-order valence-corrected chi connectivity index (χ1v) is 27.3. The standard InChI is InChI=1S/C9H20O.C9H16O.C5H10O.C4H8O.CH3I.CH4.I3.HI/c2*1-7(2)5-6-8(3)9(4)10;1-5(2)3-4-6;1-3-4(2)5;1-2;;1-3-2;/h7-10H,5-6H2,1-4H3;6-7H,5H2,1-4H3;4-5H,3H2,1-2H3;3H2,1-2H3;1H3;1H4;;1H/q;;;;;;-1;/p+1/b;8-6+;;;;;;. The van der Waals surface area contributed by atoms with Crippen molar-refractivity contribution in [1.82, 2.24) is 0 Å². The summed E-state index contributed by atoms with van der Waals surface area (Å²) < 4.78 is 0. The number of alkyl halides is 1. The largest absolute Gasteiger partial charge is 1.00 e. The van der Waals surface area contributed by atoms with Crippen LogP contribution in [0.3, 0.4) is 0 Å². The van der Waals surface area contributed by atoms with Crippen LogP contribution in [0.1, 0.15) is 124 Å². The molecule has 0 bridgehead atoms. The normalized spacial score (nSPS) is 11.0. The predicted octanol–water partition coefficient (Wildman–Crippen LogP) is 8.42. The van der Waals surface area contributed by atoms with E-state index in [0.717, 1.165) is 30.6 Å². The molecule has 0 rings (SSSR count). The number of aldehydes is 1. The fourth-order valence-electron chi connectivity index (χ4n) is 1.59. The molecule has 4 nitrogen and oxygen atoms in total. The molecule has 0 radical (unpaired) electrons. The van der Waals surface area contributed by atoms with Gasteiger partial charge in [0, 0.05) is 12.8 Å². The number of carbonyl (C=O) groups excluding carboxylic acids is 3. The van der Waals surface area contributed by atoms with Crippen LogP contribution in [0.25, 0.3) is 0 Å². The maximum atomic E-state index is 10.7. The molecule has 2 atom stereocenters. The molecule has 0 aromatic rings.